The van der Waals surface area contributed by atoms with Crippen LogP contribution in [0.3, 0.4) is 0 Å². The van der Waals surface area contributed by atoms with Gasteiger partial charge >= 0.3 is 5.97 Å². The van der Waals surface area contributed by atoms with Crippen LogP contribution in [0.5, 0.6) is 0 Å². The third-order valence-corrected chi connectivity index (χ3v) is 3.35. The Labute approximate surface area is 84.5 Å². The summed E-state index contributed by atoms with van der Waals surface area (Å²) in [4.78, 5) is 13.0. The van der Waals surface area contributed by atoms with Crippen molar-refractivity contribution in [2.75, 3.05) is 6.54 Å². The molecule has 3 unspecified atom stereocenters. The third kappa shape index (κ3) is 1.77. The molecule has 1 heterocycles. The minimum absolute atomic E-state index is 0.0985. The quantitative estimate of drug-likeness (QED) is 0.705. The maximum atomic E-state index is 11.1. The third-order valence-electron chi connectivity index (χ3n) is 3.35. The lowest BCUT2D eigenvalue weighted by atomic mass is 9.97. The van der Waals surface area contributed by atoms with Crippen LogP contribution >= 0.6 is 0 Å². The van der Waals surface area contributed by atoms with E-state index in [0.29, 0.717) is 6.42 Å². The van der Waals surface area contributed by atoms with E-state index in [-0.39, 0.29) is 6.04 Å². The summed E-state index contributed by atoms with van der Waals surface area (Å²) >= 11 is 0. The van der Waals surface area contributed by atoms with Gasteiger partial charge in [0.05, 0.1) is 6.10 Å². The van der Waals surface area contributed by atoms with Crippen molar-refractivity contribution in [3.63, 3.8) is 0 Å². The maximum absolute atomic E-state index is 11.1. The molecule has 1 aliphatic rings. The lowest BCUT2D eigenvalue weighted by molar-refractivity contribution is -0.151. The molecule has 0 amide bonds. The predicted octanol–water partition coefficient (Wildman–Crippen LogP) is 0.695. The van der Waals surface area contributed by atoms with E-state index >= 15 is 0 Å². The number of aliphatic carboxylic acids is 1. The molecular weight excluding hydrogens is 182 g/mol. The summed E-state index contributed by atoms with van der Waals surface area (Å²) in [5, 5.41) is 18.6. The van der Waals surface area contributed by atoms with Crippen LogP contribution in [-0.4, -0.2) is 45.3 Å². The summed E-state index contributed by atoms with van der Waals surface area (Å²) in [7, 11) is 0. The lowest BCUT2D eigenvalue weighted by Gasteiger charge is -2.37. The van der Waals surface area contributed by atoms with Gasteiger partial charge in [0, 0.05) is 6.04 Å². The molecule has 2 N–H and O–H groups in total. The number of aliphatic hydroxyl groups excluding tert-OH is 1. The SMILES string of the molecule is CC(O)C(C)N1CCCC1(C)C(=O)O. The summed E-state index contributed by atoms with van der Waals surface area (Å²) < 4.78 is 0. The minimum Gasteiger partial charge on any atom is -0.480 e. The van der Waals surface area contributed by atoms with Crippen LogP contribution in [0.15, 0.2) is 0 Å². The Balaban J connectivity index is 2.83. The maximum Gasteiger partial charge on any atom is 0.323 e. The first kappa shape index (κ1) is 11.5. The Morgan fingerprint density at radius 2 is 2.07 bits per heavy atom. The van der Waals surface area contributed by atoms with Crippen molar-refractivity contribution >= 4 is 5.97 Å². The lowest BCUT2D eigenvalue weighted by Crippen LogP contribution is -2.54. The Hall–Kier alpha value is -0.610. The van der Waals surface area contributed by atoms with Crippen LogP contribution in [0.1, 0.15) is 33.6 Å². The summed E-state index contributed by atoms with van der Waals surface area (Å²) in [6.45, 7) is 6.07. The van der Waals surface area contributed by atoms with Crippen LogP contribution in [-0.2, 0) is 4.79 Å². The highest BCUT2D eigenvalue weighted by molar-refractivity contribution is 5.78. The molecule has 0 aromatic heterocycles. The number of nitrogens with zero attached hydrogens (tertiary/aromatic N) is 1. The Bertz CT molecular complexity index is 229. The Morgan fingerprint density at radius 3 is 2.50 bits per heavy atom. The molecule has 4 nitrogen and oxygen atoms in total. The summed E-state index contributed by atoms with van der Waals surface area (Å²) in [6, 6.07) is -0.0985. The van der Waals surface area contributed by atoms with Gasteiger partial charge in [-0.2, -0.15) is 0 Å². The van der Waals surface area contributed by atoms with Crippen LogP contribution in [0.4, 0.5) is 0 Å². The van der Waals surface area contributed by atoms with Gasteiger partial charge in [-0.1, -0.05) is 0 Å². The molecule has 1 rings (SSSR count). The van der Waals surface area contributed by atoms with Crippen LogP contribution in [0.2, 0.25) is 0 Å². The molecule has 0 aliphatic carbocycles. The zero-order valence-electron chi connectivity index (χ0n) is 9.03. The van der Waals surface area contributed by atoms with Crippen LogP contribution < -0.4 is 0 Å². The highest BCUT2D eigenvalue weighted by Crippen LogP contribution is 2.31. The zero-order valence-corrected chi connectivity index (χ0v) is 9.03. The fraction of sp³-hybridized carbons (Fsp3) is 0.900. The summed E-state index contributed by atoms with van der Waals surface area (Å²) in [5.74, 6) is -0.789. The van der Waals surface area contributed by atoms with Crippen LogP contribution in [0, 0.1) is 0 Å². The molecule has 0 bridgehead atoms. The number of rotatable bonds is 3. The predicted molar refractivity (Wildman–Crippen MR) is 53.1 cm³/mol. The number of carboxylic acid groups (broad SMARTS) is 1. The normalized spacial score (nSPS) is 32.9. The van der Waals surface area contributed by atoms with E-state index < -0.39 is 17.6 Å². The number of hydrogen-bond donors (Lipinski definition) is 2. The van der Waals surface area contributed by atoms with Crippen LogP contribution in [0.25, 0.3) is 0 Å². The number of hydrogen-bond acceptors (Lipinski definition) is 3. The average molecular weight is 201 g/mol. The van der Waals surface area contributed by atoms with Gasteiger partial charge < -0.3 is 10.2 Å². The fourth-order valence-corrected chi connectivity index (χ4v) is 2.13. The molecule has 0 aromatic carbocycles. The molecule has 0 spiro atoms. The van der Waals surface area contributed by atoms with E-state index in [1.165, 1.54) is 0 Å². The minimum atomic E-state index is -0.795. The zero-order chi connectivity index (χ0) is 10.9. The van der Waals surface area contributed by atoms with Gasteiger partial charge in [0.25, 0.3) is 0 Å². The topological polar surface area (TPSA) is 60.8 Å². The molecule has 0 radical (unpaired) electrons. The van der Waals surface area contributed by atoms with Crippen molar-refractivity contribution in [3.8, 4) is 0 Å². The molecule has 0 aromatic rings. The monoisotopic (exact) mass is 201 g/mol. The van der Waals surface area contributed by atoms with E-state index in [1.54, 1.807) is 13.8 Å². The van der Waals surface area contributed by atoms with E-state index in [2.05, 4.69) is 0 Å². The van der Waals surface area contributed by atoms with Gasteiger partial charge in [-0.15, -0.1) is 0 Å². The van der Waals surface area contributed by atoms with Gasteiger partial charge in [-0.05, 0) is 40.2 Å². The summed E-state index contributed by atoms with van der Waals surface area (Å²) in [5.41, 5.74) is -0.795. The van der Waals surface area contributed by atoms with E-state index in [4.69, 9.17) is 5.11 Å². The van der Waals surface area contributed by atoms with Gasteiger partial charge in [-0.25, -0.2) is 0 Å². The second-order valence-electron chi connectivity index (χ2n) is 4.36. The molecule has 3 atom stereocenters. The van der Waals surface area contributed by atoms with Crippen molar-refractivity contribution in [2.45, 2.75) is 51.3 Å². The Morgan fingerprint density at radius 1 is 1.50 bits per heavy atom. The number of aliphatic hydroxyl groups is 1. The standard InChI is InChI=1S/C10H19NO3/c1-7(8(2)12)11-6-4-5-10(11,3)9(13)14/h7-8,12H,4-6H2,1-3H3,(H,13,14). The van der Waals surface area contributed by atoms with Crippen molar-refractivity contribution in [2.24, 2.45) is 0 Å². The first-order valence-corrected chi connectivity index (χ1v) is 5.08. The smallest absolute Gasteiger partial charge is 0.323 e. The van der Waals surface area contributed by atoms with Gasteiger partial charge in [0.1, 0.15) is 5.54 Å². The highest BCUT2D eigenvalue weighted by Gasteiger charge is 2.46. The number of likely N-dealkylation sites (tertiary alicyclic amines) is 1. The second-order valence-corrected chi connectivity index (χ2v) is 4.36. The highest BCUT2D eigenvalue weighted by atomic mass is 16.4. The Kier molecular flexibility index (Phi) is 3.17. The first-order valence-electron chi connectivity index (χ1n) is 5.08. The largest absolute Gasteiger partial charge is 0.480 e. The molecule has 4 heteroatoms. The van der Waals surface area contributed by atoms with E-state index in [0.717, 1.165) is 13.0 Å². The van der Waals surface area contributed by atoms with Crippen molar-refractivity contribution in [1.29, 1.82) is 0 Å². The van der Waals surface area contributed by atoms with E-state index in [1.807, 2.05) is 11.8 Å². The van der Waals surface area contributed by atoms with Gasteiger partial charge in [0.15, 0.2) is 0 Å². The average Bonchev–Trinajstić information content (AvgIpc) is 2.47. The van der Waals surface area contributed by atoms with Gasteiger partial charge in [-0.3, -0.25) is 9.69 Å². The van der Waals surface area contributed by atoms with Crippen molar-refractivity contribution < 1.29 is 15.0 Å². The molecule has 14 heavy (non-hydrogen) atoms. The van der Waals surface area contributed by atoms with Gasteiger partial charge in [0.2, 0.25) is 0 Å². The second kappa shape index (κ2) is 3.87. The molecule has 1 saturated heterocycles. The number of carbonyl (C=O) groups is 1. The molecule has 1 aliphatic heterocycles. The van der Waals surface area contributed by atoms with Crippen molar-refractivity contribution in [1.82, 2.24) is 4.90 Å². The van der Waals surface area contributed by atoms with Crippen molar-refractivity contribution in [3.05, 3.63) is 0 Å². The molecule has 1 fully saturated rings. The molecule has 82 valence electrons. The first-order chi connectivity index (χ1) is 6.39. The summed E-state index contributed by atoms with van der Waals surface area (Å²) in [6.07, 6.45) is 1.06. The fourth-order valence-electron chi connectivity index (χ4n) is 2.13. The molecular formula is C10H19NO3. The number of carboxylic acids is 1. The molecule has 0 saturated carbocycles. The van der Waals surface area contributed by atoms with E-state index in [9.17, 15) is 9.90 Å².